The molecule has 0 spiro atoms. The van der Waals surface area contributed by atoms with Crippen molar-refractivity contribution in [2.24, 2.45) is 5.73 Å². The van der Waals surface area contributed by atoms with Crippen molar-refractivity contribution in [3.05, 3.63) is 0 Å². The van der Waals surface area contributed by atoms with E-state index in [1.54, 1.807) is 0 Å². The molecule has 0 aromatic heterocycles. The molecule has 4 amide bonds. The van der Waals surface area contributed by atoms with Gasteiger partial charge in [0, 0.05) is 26.4 Å². The van der Waals surface area contributed by atoms with E-state index < -0.39 is 12.1 Å². The van der Waals surface area contributed by atoms with Crippen LogP contribution in [0.2, 0.25) is 0 Å². The second-order valence-electron chi connectivity index (χ2n) is 12.8. The van der Waals surface area contributed by atoms with Crippen LogP contribution in [0, 0.1) is 0 Å². The standard InChI is InChI=1S/C36H71N5O4/c1-4-6-8-9-14-17-23-30-39-36(45)33(25-19-7-5-2)41-34(43)27-20-16-13-11-10-12-15-18-24-29-38-35(44)32(40-31(3)42)26-21-22-28-37/h32-33H,4-30,37H2,1-3H3,(H,38,44)(H,39,45)(H,40,42)(H,41,43). The summed E-state index contributed by atoms with van der Waals surface area (Å²) in [6.45, 7) is 7.73. The topological polar surface area (TPSA) is 142 Å². The number of unbranched alkanes of at least 4 members (excludes halogenated alkanes) is 17. The molecule has 0 bridgehead atoms. The fourth-order valence-electron chi connectivity index (χ4n) is 5.54. The molecule has 0 aliphatic heterocycles. The predicted molar refractivity (Wildman–Crippen MR) is 187 cm³/mol. The molecule has 0 heterocycles. The van der Waals surface area contributed by atoms with E-state index in [0.717, 1.165) is 83.5 Å². The molecule has 0 radical (unpaired) electrons. The number of carbonyl (C=O) groups excluding carboxylic acids is 4. The maximum Gasteiger partial charge on any atom is 0.242 e. The fourth-order valence-corrected chi connectivity index (χ4v) is 5.54. The van der Waals surface area contributed by atoms with Gasteiger partial charge in [-0.05, 0) is 51.5 Å². The molecule has 9 heteroatoms. The first kappa shape index (κ1) is 42.8. The molecule has 9 nitrogen and oxygen atoms in total. The van der Waals surface area contributed by atoms with E-state index in [9.17, 15) is 19.2 Å². The van der Waals surface area contributed by atoms with Gasteiger partial charge in [0.05, 0.1) is 0 Å². The largest absolute Gasteiger partial charge is 0.354 e. The first-order chi connectivity index (χ1) is 21.8. The number of nitrogens with two attached hydrogens (primary N) is 1. The molecule has 6 N–H and O–H groups in total. The van der Waals surface area contributed by atoms with Crippen molar-refractivity contribution in [1.29, 1.82) is 0 Å². The third-order valence-corrected chi connectivity index (χ3v) is 8.35. The average molecular weight is 638 g/mol. The Morgan fingerprint density at radius 2 is 0.911 bits per heavy atom. The molecule has 264 valence electrons. The van der Waals surface area contributed by atoms with Crippen LogP contribution in [0.25, 0.3) is 0 Å². The van der Waals surface area contributed by atoms with Crippen LogP contribution in [0.5, 0.6) is 0 Å². The van der Waals surface area contributed by atoms with E-state index in [1.807, 2.05) is 0 Å². The summed E-state index contributed by atoms with van der Waals surface area (Å²) in [6.07, 6.45) is 24.8. The van der Waals surface area contributed by atoms with Crippen LogP contribution in [-0.2, 0) is 19.2 Å². The summed E-state index contributed by atoms with van der Waals surface area (Å²) in [6, 6.07) is -0.890. The molecule has 0 saturated carbocycles. The Bertz CT molecular complexity index is 749. The summed E-state index contributed by atoms with van der Waals surface area (Å²) in [5.41, 5.74) is 5.53. The molecule has 0 fully saturated rings. The smallest absolute Gasteiger partial charge is 0.242 e. The van der Waals surface area contributed by atoms with Crippen molar-refractivity contribution < 1.29 is 19.2 Å². The Hall–Kier alpha value is -2.16. The maximum absolute atomic E-state index is 12.8. The van der Waals surface area contributed by atoms with Gasteiger partial charge in [0.15, 0.2) is 0 Å². The zero-order valence-corrected chi connectivity index (χ0v) is 29.5. The molecule has 45 heavy (non-hydrogen) atoms. The third-order valence-electron chi connectivity index (χ3n) is 8.35. The molecule has 0 saturated heterocycles. The van der Waals surface area contributed by atoms with Crippen LogP contribution in [0.3, 0.4) is 0 Å². The Morgan fingerprint density at radius 3 is 1.38 bits per heavy atom. The number of carbonyl (C=O) groups is 4. The van der Waals surface area contributed by atoms with Gasteiger partial charge < -0.3 is 27.0 Å². The highest BCUT2D eigenvalue weighted by atomic mass is 16.2. The summed E-state index contributed by atoms with van der Waals surface area (Å²) in [7, 11) is 0. The van der Waals surface area contributed by atoms with Crippen LogP contribution in [0.1, 0.15) is 175 Å². The summed E-state index contributed by atoms with van der Waals surface area (Å²) in [4.78, 5) is 49.2. The lowest BCUT2D eigenvalue weighted by Crippen LogP contribution is -2.46. The van der Waals surface area contributed by atoms with E-state index in [4.69, 9.17) is 5.73 Å². The Morgan fingerprint density at radius 1 is 0.511 bits per heavy atom. The molecule has 0 aliphatic carbocycles. The Kier molecular flexibility index (Phi) is 30.3. The number of amides is 4. The zero-order chi connectivity index (χ0) is 33.4. The van der Waals surface area contributed by atoms with Gasteiger partial charge in [-0.2, -0.15) is 0 Å². The number of hydrogen-bond acceptors (Lipinski definition) is 5. The predicted octanol–water partition coefficient (Wildman–Crippen LogP) is 6.57. The van der Waals surface area contributed by atoms with Crippen LogP contribution in [0.4, 0.5) is 0 Å². The first-order valence-electron chi connectivity index (χ1n) is 18.7. The molecule has 0 aromatic rings. The molecular formula is C36H71N5O4. The summed E-state index contributed by atoms with van der Waals surface area (Å²) >= 11 is 0. The minimum absolute atomic E-state index is 0.00591. The summed E-state index contributed by atoms with van der Waals surface area (Å²) in [5, 5.41) is 11.8. The second-order valence-corrected chi connectivity index (χ2v) is 12.8. The van der Waals surface area contributed by atoms with E-state index >= 15 is 0 Å². The fraction of sp³-hybridized carbons (Fsp3) is 0.889. The normalized spacial score (nSPS) is 12.4. The third kappa shape index (κ3) is 27.8. The SMILES string of the molecule is CCCCCCCCCNC(=O)C(CCCCC)NC(=O)CCCCCCCCCCCNC(=O)C(CCCCN)NC(C)=O. The Balaban J connectivity index is 3.97. The average Bonchev–Trinajstić information content (AvgIpc) is 3.01. The van der Waals surface area contributed by atoms with Crippen LogP contribution in [0.15, 0.2) is 0 Å². The van der Waals surface area contributed by atoms with Crippen molar-refractivity contribution >= 4 is 23.6 Å². The minimum Gasteiger partial charge on any atom is -0.354 e. The quantitative estimate of drug-likeness (QED) is 0.0531. The molecule has 2 atom stereocenters. The lowest BCUT2D eigenvalue weighted by atomic mass is 10.0. The number of nitrogens with one attached hydrogen (secondary N) is 4. The van der Waals surface area contributed by atoms with Gasteiger partial charge in [-0.25, -0.2) is 0 Å². The first-order valence-corrected chi connectivity index (χ1v) is 18.7. The van der Waals surface area contributed by atoms with Gasteiger partial charge in [-0.3, -0.25) is 19.2 Å². The zero-order valence-electron chi connectivity index (χ0n) is 29.5. The van der Waals surface area contributed by atoms with Crippen molar-refractivity contribution in [2.45, 2.75) is 187 Å². The van der Waals surface area contributed by atoms with Crippen LogP contribution in [-0.4, -0.2) is 55.3 Å². The van der Waals surface area contributed by atoms with Gasteiger partial charge in [0.2, 0.25) is 23.6 Å². The molecule has 0 aromatic carbocycles. The highest BCUT2D eigenvalue weighted by Crippen LogP contribution is 2.12. The van der Waals surface area contributed by atoms with Crippen molar-refractivity contribution in [1.82, 2.24) is 21.3 Å². The monoisotopic (exact) mass is 638 g/mol. The van der Waals surface area contributed by atoms with Gasteiger partial charge in [0.1, 0.15) is 12.1 Å². The van der Waals surface area contributed by atoms with Crippen molar-refractivity contribution in [2.75, 3.05) is 19.6 Å². The molecular weight excluding hydrogens is 566 g/mol. The number of hydrogen-bond donors (Lipinski definition) is 5. The van der Waals surface area contributed by atoms with Gasteiger partial charge in [0.25, 0.3) is 0 Å². The lowest BCUT2D eigenvalue weighted by molar-refractivity contribution is -0.129. The van der Waals surface area contributed by atoms with Gasteiger partial charge in [-0.1, -0.05) is 117 Å². The van der Waals surface area contributed by atoms with E-state index in [2.05, 4.69) is 35.1 Å². The maximum atomic E-state index is 12.8. The van der Waals surface area contributed by atoms with Crippen molar-refractivity contribution in [3.8, 4) is 0 Å². The van der Waals surface area contributed by atoms with Gasteiger partial charge >= 0.3 is 0 Å². The second kappa shape index (κ2) is 31.8. The minimum atomic E-state index is -0.476. The number of rotatable bonds is 32. The molecule has 0 aliphatic rings. The summed E-state index contributed by atoms with van der Waals surface area (Å²) < 4.78 is 0. The highest BCUT2D eigenvalue weighted by Gasteiger charge is 2.20. The lowest BCUT2D eigenvalue weighted by Gasteiger charge is -2.18. The molecule has 2 unspecified atom stereocenters. The molecule has 0 rings (SSSR count). The highest BCUT2D eigenvalue weighted by molar-refractivity contribution is 5.87. The van der Waals surface area contributed by atoms with Crippen molar-refractivity contribution in [3.63, 3.8) is 0 Å². The van der Waals surface area contributed by atoms with E-state index in [0.29, 0.717) is 38.9 Å². The Labute approximate surface area is 276 Å². The summed E-state index contributed by atoms with van der Waals surface area (Å²) in [5.74, 6) is -0.329. The van der Waals surface area contributed by atoms with Gasteiger partial charge in [-0.15, -0.1) is 0 Å². The van der Waals surface area contributed by atoms with E-state index in [-0.39, 0.29) is 23.6 Å². The van der Waals surface area contributed by atoms with Crippen LogP contribution >= 0.6 is 0 Å². The van der Waals surface area contributed by atoms with Crippen LogP contribution < -0.4 is 27.0 Å². The van der Waals surface area contributed by atoms with E-state index in [1.165, 1.54) is 58.3 Å².